The van der Waals surface area contributed by atoms with E-state index in [1.165, 1.54) is 0 Å². The molecule has 0 amide bonds. The van der Waals surface area contributed by atoms with E-state index in [1.807, 2.05) is 24.3 Å². The van der Waals surface area contributed by atoms with Crippen molar-refractivity contribution in [2.75, 3.05) is 0 Å². The number of hydrogen-bond acceptors (Lipinski definition) is 0. The first-order valence-electron chi connectivity index (χ1n) is 5.44. The molecule has 2 rings (SSSR count). The second kappa shape index (κ2) is 7.03. The number of rotatable bonds is 2. The van der Waals surface area contributed by atoms with Gasteiger partial charge in [0.25, 0.3) is 0 Å². The molecule has 0 nitrogen and oxygen atoms in total. The topological polar surface area (TPSA) is 0 Å². The molecular formula is C12H17Cl2SiTi. The van der Waals surface area contributed by atoms with Crippen LogP contribution in [0.2, 0.25) is 21.5 Å². The number of halogens is 2. The first-order valence-corrected chi connectivity index (χ1v) is 13.9. The molecule has 0 spiro atoms. The Balaban J connectivity index is 0.000000386. The molecule has 0 fully saturated rings. The van der Waals surface area contributed by atoms with Gasteiger partial charge in [0.15, 0.2) is 0 Å². The van der Waals surface area contributed by atoms with E-state index >= 15 is 0 Å². The van der Waals surface area contributed by atoms with Gasteiger partial charge in [-0.2, -0.15) is 0 Å². The summed E-state index contributed by atoms with van der Waals surface area (Å²) in [5.41, 5.74) is 0. The molecule has 0 atom stereocenters. The fourth-order valence-electron chi connectivity index (χ4n) is 1.60. The van der Waals surface area contributed by atoms with E-state index in [1.54, 1.807) is 0 Å². The quantitative estimate of drug-likeness (QED) is 0.643. The van der Waals surface area contributed by atoms with Gasteiger partial charge >= 0.3 is 90.1 Å². The van der Waals surface area contributed by atoms with Crippen LogP contribution in [0.5, 0.6) is 0 Å². The van der Waals surface area contributed by atoms with E-state index in [0.29, 0.717) is 8.45 Å². The van der Waals surface area contributed by atoms with Gasteiger partial charge in [-0.25, -0.2) is 0 Å². The average Bonchev–Trinajstić information content (AvgIpc) is 2.93. The maximum atomic E-state index is 6.50. The maximum absolute atomic E-state index is 6.50. The molecule has 0 aliphatic heterocycles. The zero-order valence-corrected chi connectivity index (χ0v) is 13.8. The molecule has 0 N–H and O–H groups in total. The molecule has 4 heteroatoms. The molecule has 0 heterocycles. The molecule has 0 aromatic carbocycles. The summed E-state index contributed by atoms with van der Waals surface area (Å²) in [6.07, 6.45) is 16.5. The van der Waals surface area contributed by atoms with Crippen molar-refractivity contribution >= 4 is 28.1 Å². The first-order chi connectivity index (χ1) is 7.62. The van der Waals surface area contributed by atoms with Crippen LogP contribution in [0.15, 0.2) is 48.6 Å². The van der Waals surface area contributed by atoms with Crippen LogP contribution in [0.3, 0.4) is 0 Å². The molecule has 0 bridgehead atoms. The molecular weight excluding hydrogens is 291 g/mol. The summed E-state index contributed by atoms with van der Waals surface area (Å²) in [6, 6.07) is 0. The van der Waals surface area contributed by atoms with Gasteiger partial charge in [0, 0.05) is 9.52 Å². The van der Waals surface area contributed by atoms with E-state index in [9.17, 15) is 0 Å². The van der Waals surface area contributed by atoms with Crippen molar-refractivity contribution in [2.24, 2.45) is 0 Å². The normalized spacial score (nSPS) is 19.2. The van der Waals surface area contributed by atoms with Crippen LogP contribution in [-0.4, -0.2) is 9.52 Å². The van der Waals surface area contributed by atoms with Crippen LogP contribution >= 0.6 is 18.6 Å². The van der Waals surface area contributed by atoms with Gasteiger partial charge in [-0.3, -0.25) is 0 Å². The Hall–Kier alpha value is 0.471. The molecule has 0 saturated carbocycles. The third kappa shape index (κ3) is 3.75. The molecule has 0 saturated heterocycles. The zero-order chi connectivity index (χ0) is 12.0. The summed E-state index contributed by atoms with van der Waals surface area (Å²) in [6.45, 7) is 4.42. The third-order valence-corrected chi connectivity index (χ3v) is 10.5. The summed E-state index contributed by atoms with van der Waals surface area (Å²) in [5, 5.41) is 0. The molecule has 16 heavy (non-hydrogen) atoms. The Kier molecular flexibility index (Phi) is 6.38. The van der Waals surface area contributed by atoms with E-state index in [-0.39, 0.29) is 0 Å². The molecule has 2 aliphatic rings. The third-order valence-electron chi connectivity index (χ3n) is 2.38. The van der Waals surface area contributed by atoms with Gasteiger partial charge in [0.05, 0.1) is 0 Å². The van der Waals surface area contributed by atoms with Crippen molar-refractivity contribution in [3.05, 3.63) is 48.6 Å². The molecule has 1 radical (unpaired) electrons. The minimum absolute atomic E-state index is 0.306. The van der Waals surface area contributed by atoms with Crippen molar-refractivity contribution < 1.29 is 14.5 Å². The standard InChI is InChI=1S/2C5H5.C2H7Si.2ClH.Ti/c2*1-2-4-5-3-1;1-3-2;;;/h2*1-5H;3H,1-2H3;2*1H;/q;;;;;+2/p-2. The molecule has 2 aliphatic carbocycles. The van der Waals surface area contributed by atoms with Crippen LogP contribution in [0.4, 0.5) is 0 Å². The van der Waals surface area contributed by atoms with Gasteiger partial charge in [-0.05, 0) is 0 Å². The second-order valence-corrected chi connectivity index (χ2v) is 15.1. The monoisotopic (exact) mass is 307 g/mol. The summed E-state index contributed by atoms with van der Waals surface area (Å²) in [7, 11) is 13.7. The molecule has 0 unspecified atom stereocenters. The van der Waals surface area contributed by atoms with E-state index in [0.717, 1.165) is 9.52 Å². The average molecular weight is 308 g/mol. The van der Waals surface area contributed by atoms with Crippen LogP contribution in [-0.2, 0) is 14.5 Å². The van der Waals surface area contributed by atoms with Crippen molar-refractivity contribution in [1.29, 1.82) is 0 Å². The summed E-state index contributed by atoms with van der Waals surface area (Å²) in [4.78, 5) is 0. The fraction of sp³-hybridized carbons (Fsp3) is 0.333. The second-order valence-electron chi connectivity index (χ2n) is 3.84. The summed E-state index contributed by atoms with van der Waals surface area (Å²) >= 11 is -2.76. The van der Waals surface area contributed by atoms with Crippen LogP contribution < -0.4 is 0 Å². The van der Waals surface area contributed by atoms with Crippen molar-refractivity contribution in [1.82, 2.24) is 0 Å². The molecule has 0 aromatic rings. The SMILES string of the molecule is C[SiH]C.[Cl][Ti]([Cl])([CH]1C=CC=C1)[CH]1C=CC=C1. The van der Waals surface area contributed by atoms with Crippen molar-refractivity contribution in [2.45, 2.75) is 21.5 Å². The van der Waals surface area contributed by atoms with Crippen molar-refractivity contribution in [3.63, 3.8) is 0 Å². The van der Waals surface area contributed by atoms with Gasteiger partial charge < -0.3 is 0 Å². The fourth-order valence-corrected chi connectivity index (χ4v) is 6.99. The number of hydrogen-bond donors (Lipinski definition) is 0. The molecule has 87 valence electrons. The van der Waals surface area contributed by atoms with Crippen LogP contribution in [0.25, 0.3) is 0 Å². The van der Waals surface area contributed by atoms with Gasteiger partial charge in [0.2, 0.25) is 0 Å². The van der Waals surface area contributed by atoms with E-state index < -0.39 is 14.5 Å². The van der Waals surface area contributed by atoms with E-state index in [4.69, 9.17) is 18.6 Å². The Morgan fingerprint density at radius 2 is 1.06 bits per heavy atom. The first kappa shape index (κ1) is 14.5. The Morgan fingerprint density at radius 3 is 1.31 bits per heavy atom. The predicted molar refractivity (Wildman–Crippen MR) is 74.6 cm³/mol. The Labute approximate surface area is 112 Å². The van der Waals surface area contributed by atoms with E-state index in [2.05, 4.69) is 37.4 Å². The van der Waals surface area contributed by atoms with Gasteiger partial charge in [-0.15, -0.1) is 0 Å². The summed E-state index contributed by atoms with van der Waals surface area (Å²) in [5.74, 6) is 0. The zero-order valence-electron chi connectivity index (χ0n) is 9.61. The molecule has 0 aromatic heterocycles. The van der Waals surface area contributed by atoms with Crippen LogP contribution in [0, 0.1) is 0 Å². The summed E-state index contributed by atoms with van der Waals surface area (Å²) < 4.78 is 0.612. The minimum atomic E-state index is -2.76. The predicted octanol–water partition coefficient (Wildman–Crippen LogP) is 4.80. The number of allylic oxidation sites excluding steroid dienone is 8. The van der Waals surface area contributed by atoms with Gasteiger partial charge in [-0.1, -0.05) is 13.1 Å². The Morgan fingerprint density at radius 1 is 0.812 bits per heavy atom. The van der Waals surface area contributed by atoms with Crippen molar-refractivity contribution in [3.8, 4) is 0 Å². The Bertz CT molecular complexity index is 278. The van der Waals surface area contributed by atoms with Crippen LogP contribution in [0.1, 0.15) is 0 Å². The van der Waals surface area contributed by atoms with Gasteiger partial charge in [0.1, 0.15) is 0 Å².